The summed E-state index contributed by atoms with van der Waals surface area (Å²) in [5, 5.41) is 3.17. The van der Waals surface area contributed by atoms with Gasteiger partial charge in [0.15, 0.2) is 17.7 Å². The second kappa shape index (κ2) is 9.53. The largest absolute Gasteiger partial charge is 0.438 e. The van der Waals surface area contributed by atoms with Crippen LogP contribution in [0, 0.1) is 11.8 Å². The summed E-state index contributed by atoms with van der Waals surface area (Å²) in [6.07, 6.45) is 5.24. The molecule has 0 bridgehead atoms. The fourth-order valence-electron chi connectivity index (χ4n) is 5.12. The number of nitrogens with zero attached hydrogens (tertiary/aromatic N) is 1. The van der Waals surface area contributed by atoms with E-state index in [1.165, 1.54) is 19.3 Å². The molecule has 0 aromatic carbocycles. The van der Waals surface area contributed by atoms with E-state index < -0.39 is 30.3 Å². The molecule has 1 saturated carbocycles. The van der Waals surface area contributed by atoms with Crippen molar-refractivity contribution in [3.63, 3.8) is 0 Å². The van der Waals surface area contributed by atoms with Crippen LogP contribution in [-0.2, 0) is 23.8 Å². The molecule has 1 N–H and O–H groups in total. The number of Topliss-reactive ketones (excluding diaryl/α,β-unsaturated/α-hetero) is 2. The van der Waals surface area contributed by atoms with Crippen LogP contribution in [0.3, 0.4) is 0 Å². The van der Waals surface area contributed by atoms with Gasteiger partial charge in [-0.15, -0.1) is 0 Å². The lowest BCUT2D eigenvalue weighted by molar-refractivity contribution is -0.139. The highest BCUT2D eigenvalue weighted by molar-refractivity contribution is 5.92. The van der Waals surface area contributed by atoms with Crippen molar-refractivity contribution in [2.75, 3.05) is 39.5 Å². The number of ketones is 2. The maximum Gasteiger partial charge on any atom is 0.410 e. The molecule has 1 amide bonds. The average Bonchev–Trinajstić information content (AvgIpc) is 3.15. The summed E-state index contributed by atoms with van der Waals surface area (Å²) in [5.41, 5.74) is 0. The summed E-state index contributed by atoms with van der Waals surface area (Å²) < 4.78 is 16.8. The van der Waals surface area contributed by atoms with Gasteiger partial charge in [-0.25, -0.2) is 4.79 Å². The van der Waals surface area contributed by atoms with Gasteiger partial charge < -0.3 is 24.4 Å². The van der Waals surface area contributed by atoms with Crippen molar-refractivity contribution in [3.05, 3.63) is 0 Å². The number of carbonyl (C=O) groups excluding carboxylic acids is 3. The first kappa shape index (κ1) is 20.8. The Labute approximate surface area is 171 Å². The molecule has 0 spiro atoms. The minimum Gasteiger partial charge on any atom is -0.438 e. The first-order chi connectivity index (χ1) is 14.1. The predicted octanol–water partition coefficient (Wildman–Crippen LogP) is 1.31. The lowest BCUT2D eigenvalue weighted by Gasteiger charge is -2.35. The highest BCUT2D eigenvalue weighted by Crippen LogP contribution is 2.32. The smallest absolute Gasteiger partial charge is 0.410 e. The zero-order valence-corrected chi connectivity index (χ0v) is 17.0. The summed E-state index contributed by atoms with van der Waals surface area (Å²) in [5.74, 6) is -0.0809. The first-order valence-electron chi connectivity index (χ1n) is 11.1. The van der Waals surface area contributed by atoms with Crippen molar-refractivity contribution in [2.24, 2.45) is 11.8 Å². The molecule has 0 radical (unpaired) electrons. The topological polar surface area (TPSA) is 94.2 Å². The van der Waals surface area contributed by atoms with Crippen molar-refractivity contribution >= 4 is 17.7 Å². The van der Waals surface area contributed by atoms with Crippen LogP contribution >= 0.6 is 0 Å². The Morgan fingerprint density at radius 1 is 1.14 bits per heavy atom. The van der Waals surface area contributed by atoms with Crippen LogP contribution in [0.4, 0.5) is 4.79 Å². The fourth-order valence-corrected chi connectivity index (χ4v) is 5.12. The minimum atomic E-state index is -0.767. The number of morpholine rings is 1. The summed E-state index contributed by atoms with van der Waals surface area (Å²) >= 11 is 0. The van der Waals surface area contributed by atoms with Crippen molar-refractivity contribution in [1.29, 1.82) is 0 Å². The number of nitrogens with one attached hydrogen (secondary N) is 1. The van der Waals surface area contributed by atoms with Crippen LogP contribution in [0.2, 0.25) is 0 Å². The normalized spacial score (nSPS) is 31.9. The molecule has 3 unspecified atom stereocenters. The number of amides is 1. The van der Waals surface area contributed by atoms with E-state index in [0.717, 1.165) is 12.8 Å². The zero-order chi connectivity index (χ0) is 20.2. The molecule has 29 heavy (non-hydrogen) atoms. The molecule has 8 heteroatoms. The monoisotopic (exact) mass is 408 g/mol. The summed E-state index contributed by atoms with van der Waals surface area (Å²) in [6.45, 7) is 2.60. The number of hydrogen-bond acceptors (Lipinski definition) is 7. The number of piperidine rings is 1. The molecule has 8 nitrogen and oxygen atoms in total. The van der Waals surface area contributed by atoms with E-state index in [4.69, 9.17) is 14.2 Å². The van der Waals surface area contributed by atoms with E-state index in [9.17, 15) is 14.4 Å². The molecule has 4 aliphatic rings. The second-order valence-corrected chi connectivity index (χ2v) is 8.68. The lowest BCUT2D eigenvalue weighted by atomic mass is 9.79. The van der Waals surface area contributed by atoms with Crippen LogP contribution in [0.1, 0.15) is 44.9 Å². The number of ether oxygens (including phenoxy) is 3. The Kier molecular flexibility index (Phi) is 6.82. The van der Waals surface area contributed by atoms with Crippen molar-refractivity contribution in [3.8, 4) is 0 Å². The highest BCUT2D eigenvalue weighted by atomic mass is 16.6. The van der Waals surface area contributed by atoms with Gasteiger partial charge >= 0.3 is 6.09 Å². The van der Waals surface area contributed by atoms with Crippen LogP contribution < -0.4 is 5.32 Å². The molecule has 1 aliphatic carbocycles. The Bertz CT molecular complexity index is 614. The first-order valence-corrected chi connectivity index (χ1v) is 11.1. The van der Waals surface area contributed by atoms with Gasteiger partial charge in [0.05, 0.1) is 31.3 Å². The number of carbonyl (C=O) groups is 3. The molecule has 3 saturated heterocycles. The van der Waals surface area contributed by atoms with E-state index in [-0.39, 0.29) is 18.2 Å². The number of rotatable bonds is 5. The molecule has 4 rings (SSSR count). The lowest BCUT2D eigenvalue weighted by Crippen LogP contribution is -2.54. The third kappa shape index (κ3) is 4.81. The van der Waals surface area contributed by atoms with Gasteiger partial charge in [0, 0.05) is 13.1 Å². The summed E-state index contributed by atoms with van der Waals surface area (Å²) in [7, 11) is 0. The van der Waals surface area contributed by atoms with E-state index >= 15 is 0 Å². The molecule has 4 atom stereocenters. The Morgan fingerprint density at radius 2 is 1.90 bits per heavy atom. The van der Waals surface area contributed by atoms with Gasteiger partial charge in [0.2, 0.25) is 0 Å². The van der Waals surface area contributed by atoms with Crippen molar-refractivity contribution in [1.82, 2.24) is 10.2 Å². The van der Waals surface area contributed by atoms with Crippen LogP contribution in [0.15, 0.2) is 0 Å². The predicted molar refractivity (Wildman–Crippen MR) is 104 cm³/mol. The van der Waals surface area contributed by atoms with Gasteiger partial charge in [0.1, 0.15) is 6.61 Å². The van der Waals surface area contributed by atoms with E-state index in [2.05, 4.69) is 5.32 Å². The maximum atomic E-state index is 13.5. The third-order valence-corrected chi connectivity index (χ3v) is 6.78. The molecule has 162 valence electrons. The van der Waals surface area contributed by atoms with Gasteiger partial charge in [-0.05, 0) is 25.3 Å². The zero-order valence-electron chi connectivity index (χ0n) is 17.0. The molecular weight excluding hydrogens is 376 g/mol. The van der Waals surface area contributed by atoms with Gasteiger partial charge in [-0.1, -0.05) is 32.1 Å². The van der Waals surface area contributed by atoms with Crippen LogP contribution in [0.25, 0.3) is 0 Å². The van der Waals surface area contributed by atoms with Gasteiger partial charge in [-0.2, -0.15) is 0 Å². The Hall–Kier alpha value is -1.51. The highest BCUT2D eigenvalue weighted by Gasteiger charge is 2.48. The Morgan fingerprint density at radius 3 is 2.66 bits per heavy atom. The van der Waals surface area contributed by atoms with Gasteiger partial charge in [-0.3, -0.25) is 9.59 Å². The fraction of sp³-hybridized carbons (Fsp3) is 0.857. The van der Waals surface area contributed by atoms with Crippen LogP contribution in [-0.4, -0.2) is 80.3 Å². The SMILES string of the molecule is O=C1COC2C(C(=O)[C@H](CC3CCCCC3)OC(=O)N3CCOCC3)CCNC12. The number of hydrogen-bond donors (Lipinski definition) is 1. The standard InChI is InChI=1S/C21H32N2O6/c24-16-13-28-20-15(6-7-22-18(16)20)19(25)17(12-14-4-2-1-3-5-14)29-21(26)23-8-10-27-11-9-23/h14-15,17-18,20,22H,1-13H2/t15?,17-,18?,20?/m0/s1. The second-order valence-electron chi connectivity index (χ2n) is 8.68. The third-order valence-electron chi connectivity index (χ3n) is 6.78. The summed E-state index contributed by atoms with van der Waals surface area (Å²) in [6, 6.07) is -0.414. The van der Waals surface area contributed by atoms with Gasteiger partial charge in [0.25, 0.3) is 0 Å². The van der Waals surface area contributed by atoms with Crippen molar-refractivity contribution < 1.29 is 28.6 Å². The van der Waals surface area contributed by atoms with Crippen LogP contribution in [0.5, 0.6) is 0 Å². The molecule has 0 aromatic rings. The average molecular weight is 408 g/mol. The van der Waals surface area contributed by atoms with E-state index in [0.29, 0.717) is 51.6 Å². The molecule has 3 aliphatic heterocycles. The quantitative estimate of drug-likeness (QED) is 0.733. The molecule has 0 aromatic heterocycles. The van der Waals surface area contributed by atoms with E-state index in [1.54, 1.807) is 4.90 Å². The molecule has 3 heterocycles. The summed E-state index contributed by atoms with van der Waals surface area (Å²) in [4.78, 5) is 39.9. The van der Waals surface area contributed by atoms with Crippen molar-refractivity contribution in [2.45, 2.75) is 63.2 Å². The Balaban J connectivity index is 1.46. The maximum absolute atomic E-state index is 13.5. The number of fused-ring (bicyclic) bond motifs is 1. The molecular formula is C21H32N2O6. The minimum absolute atomic E-state index is 0.00152. The molecule has 4 fully saturated rings. The van der Waals surface area contributed by atoms with E-state index in [1.807, 2.05) is 0 Å².